The van der Waals surface area contributed by atoms with Crippen LogP contribution in [0.4, 0.5) is 0 Å². The van der Waals surface area contributed by atoms with E-state index in [9.17, 15) is 16.8 Å². The van der Waals surface area contributed by atoms with Gasteiger partial charge >= 0.3 is 0 Å². The summed E-state index contributed by atoms with van der Waals surface area (Å²) >= 11 is 0. The number of piperidine rings is 1. The van der Waals surface area contributed by atoms with Crippen LogP contribution in [0.3, 0.4) is 0 Å². The Bertz CT molecular complexity index is 782. The summed E-state index contributed by atoms with van der Waals surface area (Å²) in [4.78, 5) is 0.207. The molecule has 0 aromatic heterocycles. The lowest BCUT2D eigenvalue weighted by Crippen LogP contribution is -2.39. The fourth-order valence-electron chi connectivity index (χ4n) is 2.95. The standard InChI is InChI=1S/C15H23NO4S2/c1-11-6-5-7-16(10-11)22(19,20)15-9-12(2)8-14(13(15)3)21(4,17)18/h8-9,11H,5-7,10H2,1-4H3/t11-/m1/s1. The predicted molar refractivity (Wildman–Crippen MR) is 86.2 cm³/mol. The molecular weight excluding hydrogens is 322 g/mol. The summed E-state index contributed by atoms with van der Waals surface area (Å²) in [6.45, 7) is 6.30. The van der Waals surface area contributed by atoms with E-state index in [4.69, 9.17) is 0 Å². The second-order valence-electron chi connectivity index (χ2n) is 6.27. The summed E-state index contributed by atoms with van der Waals surface area (Å²) < 4.78 is 51.1. The van der Waals surface area contributed by atoms with Gasteiger partial charge in [0.25, 0.3) is 0 Å². The number of nitrogens with zero attached hydrogens (tertiary/aromatic N) is 1. The monoisotopic (exact) mass is 345 g/mol. The molecule has 0 N–H and O–H groups in total. The highest BCUT2D eigenvalue weighted by molar-refractivity contribution is 7.91. The highest BCUT2D eigenvalue weighted by Crippen LogP contribution is 2.29. The van der Waals surface area contributed by atoms with E-state index in [1.165, 1.54) is 10.4 Å². The van der Waals surface area contributed by atoms with Crippen LogP contribution in [0, 0.1) is 19.8 Å². The van der Waals surface area contributed by atoms with Gasteiger partial charge in [0.15, 0.2) is 9.84 Å². The maximum absolute atomic E-state index is 12.9. The third-order valence-corrected chi connectivity index (χ3v) is 7.31. The Morgan fingerprint density at radius 3 is 2.23 bits per heavy atom. The molecule has 1 aliphatic rings. The van der Waals surface area contributed by atoms with Gasteiger partial charge in [0.05, 0.1) is 9.79 Å². The maximum atomic E-state index is 12.9. The predicted octanol–water partition coefficient (Wildman–Crippen LogP) is 2.13. The molecule has 124 valence electrons. The quantitative estimate of drug-likeness (QED) is 0.841. The van der Waals surface area contributed by atoms with Crippen molar-refractivity contribution in [2.45, 2.75) is 43.4 Å². The van der Waals surface area contributed by atoms with Crippen molar-refractivity contribution in [1.29, 1.82) is 0 Å². The molecule has 7 heteroatoms. The van der Waals surface area contributed by atoms with E-state index >= 15 is 0 Å². The molecule has 2 rings (SSSR count). The van der Waals surface area contributed by atoms with Gasteiger partial charge in [0.2, 0.25) is 10.0 Å². The Labute approximate surface area is 133 Å². The smallest absolute Gasteiger partial charge is 0.224 e. The van der Waals surface area contributed by atoms with Crippen LogP contribution in [0.15, 0.2) is 21.9 Å². The number of hydrogen-bond donors (Lipinski definition) is 0. The van der Waals surface area contributed by atoms with Crippen LogP contribution >= 0.6 is 0 Å². The average molecular weight is 345 g/mol. The molecule has 1 aromatic carbocycles. The topological polar surface area (TPSA) is 71.5 Å². The lowest BCUT2D eigenvalue weighted by atomic mass is 10.0. The molecule has 0 amide bonds. The van der Waals surface area contributed by atoms with E-state index in [1.807, 2.05) is 6.92 Å². The van der Waals surface area contributed by atoms with Gasteiger partial charge in [-0.3, -0.25) is 0 Å². The number of benzene rings is 1. The van der Waals surface area contributed by atoms with Crippen LogP contribution < -0.4 is 0 Å². The first kappa shape index (κ1) is 17.4. The van der Waals surface area contributed by atoms with Gasteiger partial charge in [-0.2, -0.15) is 4.31 Å². The second-order valence-corrected chi connectivity index (χ2v) is 10.2. The molecule has 1 fully saturated rings. The SMILES string of the molecule is Cc1cc(S(C)(=O)=O)c(C)c(S(=O)(=O)N2CCC[C@@H](C)C2)c1. The summed E-state index contributed by atoms with van der Waals surface area (Å²) in [7, 11) is -7.13. The number of hydrogen-bond acceptors (Lipinski definition) is 4. The molecule has 1 aromatic rings. The largest absolute Gasteiger partial charge is 0.243 e. The molecule has 0 radical (unpaired) electrons. The first-order chi connectivity index (χ1) is 10.0. The Hall–Kier alpha value is -0.920. The molecule has 0 bridgehead atoms. The number of sulfone groups is 1. The minimum absolute atomic E-state index is 0.0936. The van der Waals surface area contributed by atoms with Crippen LogP contribution in [0.2, 0.25) is 0 Å². The Kier molecular flexibility index (Phi) is 4.71. The van der Waals surface area contributed by atoms with Crippen molar-refractivity contribution in [3.05, 3.63) is 23.3 Å². The van der Waals surface area contributed by atoms with Gasteiger partial charge in [-0.1, -0.05) is 6.92 Å². The molecule has 0 spiro atoms. The first-order valence-electron chi connectivity index (χ1n) is 7.35. The van der Waals surface area contributed by atoms with Gasteiger partial charge < -0.3 is 0 Å². The fourth-order valence-corrected chi connectivity index (χ4v) is 6.01. The normalized spacial score (nSPS) is 21.0. The Balaban J connectivity index is 2.59. The minimum atomic E-state index is -3.66. The van der Waals surface area contributed by atoms with Crippen LogP contribution in [0.25, 0.3) is 0 Å². The van der Waals surface area contributed by atoms with Crippen molar-refractivity contribution in [3.63, 3.8) is 0 Å². The van der Waals surface area contributed by atoms with E-state index in [0.717, 1.165) is 19.1 Å². The molecule has 0 unspecified atom stereocenters. The van der Waals surface area contributed by atoms with Crippen molar-refractivity contribution >= 4 is 19.9 Å². The van der Waals surface area contributed by atoms with Crippen LogP contribution in [0.5, 0.6) is 0 Å². The highest BCUT2D eigenvalue weighted by Gasteiger charge is 2.31. The van der Waals surface area contributed by atoms with Crippen LogP contribution in [-0.2, 0) is 19.9 Å². The molecule has 1 saturated heterocycles. The minimum Gasteiger partial charge on any atom is -0.224 e. The van der Waals surface area contributed by atoms with Crippen LogP contribution in [0.1, 0.15) is 30.9 Å². The second kappa shape index (κ2) is 5.94. The average Bonchev–Trinajstić information content (AvgIpc) is 2.39. The molecule has 22 heavy (non-hydrogen) atoms. The van der Waals surface area contributed by atoms with E-state index in [0.29, 0.717) is 30.1 Å². The molecule has 1 aliphatic heterocycles. The molecule has 0 aliphatic carbocycles. The van der Waals surface area contributed by atoms with Gasteiger partial charge in [-0.25, -0.2) is 16.8 Å². The van der Waals surface area contributed by atoms with Crippen molar-refractivity contribution in [1.82, 2.24) is 4.31 Å². The van der Waals surface area contributed by atoms with Gasteiger partial charge in [-0.05, 0) is 55.9 Å². The molecular formula is C15H23NO4S2. The van der Waals surface area contributed by atoms with Gasteiger partial charge in [0.1, 0.15) is 0 Å². The molecule has 5 nitrogen and oxygen atoms in total. The van der Waals surface area contributed by atoms with Gasteiger partial charge in [0, 0.05) is 19.3 Å². The van der Waals surface area contributed by atoms with Crippen molar-refractivity contribution in [3.8, 4) is 0 Å². The lowest BCUT2D eigenvalue weighted by molar-refractivity contribution is 0.281. The summed E-state index contributed by atoms with van der Waals surface area (Å²) in [5.41, 5.74) is 0.945. The zero-order chi connectivity index (χ0) is 16.7. The highest BCUT2D eigenvalue weighted by atomic mass is 32.2. The van der Waals surface area contributed by atoms with E-state index in [-0.39, 0.29) is 9.79 Å². The summed E-state index contributed by atoms with van der Waals surface area (Å²) in [5.74, 6) is 0.322. The number of rotatable bonds is 3. The van der Waals surface area contributed by atoms with Crippen molar-refractivity contribution < 1.29 is 16.8 Å². The Morgan fingerprint density at radius 2 is 1.68 bits per heavy atom. The third-order valence-electron chi connectivity index (χ3n) is 4.09. The molecule has 1 heterocycles. The zero-order valence-electron chi connectivity index (χ0n) is 13.5. The Morgan fingerprint density at radius 1 is 1.09 bits per heavy atom. The zero-order valence-corrected chi connectivity index (χ0v) is 15.1. The van der Waals surface area contributed by atoms with Crippen LogP contribution in [-0.4, -0.2) is 40.5 Å². The maximum Gasteiger partial charge on any atom is 0.243 e. The summed E-state index contributed by atoms with van der Waals surface area (Å²) in [6.07, 6.45) is 2.96. The van der Waals surface area contributed by atoms with Crippen molar-refractivity contribution in [2.24, 2.45) is 5.92 Å². The molecule has 1 atom stereocenters. The van der Waals surface area contributed by atoms with Crippen molar-refractivity contribution in [2.75, 3.05) is 19.3 Å². The fraction of sp³-hybridized carbons (Fsp3) is 0.600. The van der Waals surface area contributed by atoms with E-state index < -0.39 is 19.9 Å². The molecule has 0 saturated carbocycles. The van der Waals surface area contributed by atoms with E-state index in [1.54, 1.807) is 19.9 Å². The van der Waals surface area contributed by atoms with Gasteiger partial charge in [-0.15, -0.1) is 0 Å². The lowest BCUT2D eigenvalue weighted by Gasteiger charge is -2.30. The summed E-state index contributed by atoms with van der Waals surface area (Å²) in [6, 6.07) is 3.10. The first-order valence-corrected chi connectivity index (χ1v) is 10.7. The summed E-state index contributed by atoms with van der Waals surface area (Å²) in [5, 5.41) is 0. The van der Waals surface area contributed by atoms with E-state index in [2.05, 4.69) is 0 Å². The number of aryl methyl sites for hydroxylation is 1. The third kappa shape index (κ3) is 3.36. The number of sulfonamides is 1.